The summed E-state index contributed by atoms with van der Waals surface area (Å²) in [5.74, 6) is 0.605. The van der Waals surface area contributed by atoms with Crippen LogP contribution >= 0.6 is 12.2 Å². The van der Waals surface area contributed by atoms with Gasteiger partial charge in [-0.1, -0.05) is 13.8 Å². The van der Waals surface area contributed by atoms with Crippen LogP contribution in [0, 0.1) is 12.8 Å². The standard InChI is InChI=1S/C11H20N4S/c1-9(2)6-13-11(16)12-4-5-15-8-10(3)7-14-15/h7-9H,4-6H2,1-3H3,(H2,12,13,16). The van der Waals surface area contributed by atoms with E-state index >= 15 is 0 Å². The molecule has 2 N–H and O–H groups in total. The molecule has 0 atom stereocenters. The van der Waals surface area contributed by atoms with E-state index in [1.807, 2.05) is 24.0 Å². The number of aryl methyl sites for hydroxylation is 1. The summed E-state index contributed by atoms with van der Waals surface area (Å²) in [7, 11) is 0. The second kappa shape index (κ2) is 6.48. The van der Waals surface area contributed by atoms with Crippen LogP contribution < -0.4 is 10.6 Å². The third-order valence-electron chi connectivity index (χ3n) is 2.06. The minimum atomic E-state index is 0.605. The molecule has 0 bridgehead atoms. The fourth-order valence-corrected chi connectivity index (χ4v) is 1.42. The van der Waals surface area contributed by atoms with E-state index in [-0.39, 0.29) is 0 Å². The fourth-order valence-electron chi connectivity index (χ4n) is 1.23. The van der Waals surface area contributed by atoms with E-state index in [1.165, 1.54) is 5.56 Å². The molecule has 0 radical (unpaired) electrons. The molecule has 0 spiro atoms. The first-order valence-electron chi connectivity index (χ1n) is 5.58. The van der Waals surface area contributed by atoms with Gasteiger partial charge in [0.15, 0.2) is 5.11 Å². The van der Waals surface area contributed by atoms with Gasteiger partial charge >= 0.3 is 0 Å². The van der Waals surface area contributed by atoms with Crippen molar-refractivity contribution >= 4 is 17.3 Å². The zero-order valence-electron chi connectivity index (χ0n) is 10.2. The zero-order chi connectivity index (χ0) is 12.0. The van der Waals surface area contributed by atoms with Crippen LogP contribution in [0.4, 0.5) is 0 Å². The van der Waals surface area contributed by atoms with Crippen molar-refractivity contribution in [2.45, 2.75) is 27.3 Å². The Morgan fingerprint density at radius 2 is 2.25 bits per heavy atom. The molecule has 4 nitrogen and oxygen atoms in total. The number of nitrogens with one attached hydrogen (secondary N) is 2. The molecule has 0 amide bonds. The van der Waals surface area contributed by atoms with E-state index < -0.39 is 0 Å². The Hall–Kier alpha value is -1.10. The summed E-state index contributed by atoms with van der Waals surface area (Å²) in [5, 5.41) is 11.2. The Balaban J connectivity index is 2.13. The largest absolute Gasteiger partial charge is 0.362 e. The quantitative estimate of drug-likeness (QED) is 0.762. The van der Waals surface area contributed by atoms with Crippen LogP contribution in [0.2, 0.25) is 0 Å². The van der Waals surface area contributed by atoms with E-state index in [1.54, 1.807) is 0 Å². The van der Waals surface area contributed by atoms with Crippen LogP contribution in [-0.4, -0.2) is 28.0 Å². The van der Waals surface area contributed by atoms with Gasteiger partial charge in [0.05, 0.1) is 12.7 Å². The molecule has 0 aliphatic carbocycles. The van der Waals surface area contributed by atoms with Crippen LogP contribution in [0.15, 0.2) is 12.4 Å². The first-order chi connectivity index (χ1) is 7.58. The summed E-state index contributed by atoms with van der Waals surface area (Å²) in [6, 6.07) is 0. The topological polar surface area (TPSA) is 41.9 Å². The monoisotopic (exact) mass is 240 g/mol. The molecule has 5 heteroatoms. The number of thiocarbonyl (C=S) groups is 1. The van der Waals surface area contributed by atoms with E-state index in [0.29, 0.717) is 5.92 Å². The maximum Gasteiger partial charge on any atom is 0.166 e. The average molecular weight is 240 g/mol. The number of nitrogens with zero attached hydrogens (tertiary/aromatic N) is 2. The number of rotatable bonds is 5. The third kappa shape index (κ3) is 5.11. The molecule has 0 saturated heterocycles. The highest BCUT2D eigenvalue weighted by Gasteiger charge is 1.98. The molecule has 1 aromatic rings. The number of hydrogen-bond donors (Lipinski definition) is 2. The van der Waals surface area contributed by atoms with Crippen LogP contribution in [-0.2, 0) is 6.54 Å². The molecule has 0 aromatic carbocycles. The van der Waals surface area contributed by atoms with Crippen molar-refractivity contribution in [2.24, 2.45) is 5.92 Å². The zero-order valence-corrected chi connectivity index (χ0v) is 11.0. The molecule has 0 saturated carbocycles. The Kier molecular flexibility index (Phi) is 5.25. The smallest absolute Gasteiger partial charge is 0.166 e. The SMILES string of the molecule is Cc1cnn(CCNC(=S)NCC(C)C)c1. The lowest BCUT2D eigenvalue weighted by molar-refractivity contribution is 0.588. The van der Waals surface area contributed by atoms with Gasteiger partial charge in [0, 0.05) is 19.3 Å². The highest BCUT2D eigenvalue weighted by Crippen LogP contribution is 1.92. The average Bonchev–Trinajstić information content (AvgIpc) is 2.61. The summed E-state index contributed by atoms with van der Waals surface area (Å²) in [4.78, 5) is 0. The molecular formula is C11H20N4S. The normalized spacial score (nSPS) is 10.5. The highest BCUT2D eigenvalue weighted by atomic mass is 32.1. The summed E-state index contributed by atoms with van der Waals surface area (Å²) in [6.07, 6.45) is 3.88. The van der Waals surface area contributed by atoms with E-state index in [2.05, 4.69) is 29.6 Å². The van der Waals surface area contributed by atoms with Crippen molar-refractivity contribution in [2.75, 3.05) is 13.1 Å². The molecule has 0 aliphatic rings. The van der Waals surface area contributed by atoms with Crippen LogP contribution in [0.5, 0.6) is 0 Å². The lowest BCUT2D eigenvalue weighted by atomic mass is 10.2. The predicted molar refractivity (Wildman–Crippen MR) is 70.4 cm³/mol. The molecule has 0 fully saturated rings. The maximum atomic E-state index is 5.14. The number of aromatic nitrogens is 2. The van der Waals surface area contributed by atoms with E-state index in [0.717, 1.165) is 24.7 Å². The second-order valence-corrected chi connectivity index (χ2v) is 4.72. The predicted octanol–water partition coefficient (Wildman–Crippen LogP) is 1.31. The minimum absolute atomic E-state index is 0.605. The van der Waals surface area contributed by atoms with Crippen molar-refractivity contribution in [1.29, 1.82) is 0 Å². The first kappa shape index (κ1) is 13.0. The van der Waals surface area contributed by atoms with E-state index in [9.17, 15) is 0 Å². The van der Waals surface area contributed by atoms with Crippen molar-refractivity contribution in [3.63, 3.8) is 0 Å². The summed E-state index contributed by atoms with van der Waals surface area (Å²) in [5.41, 5.74) is 1.18. The molecule has 0 aliphatic heterocycles. The summed E-state index contributed by atoms with van der Waals surface area (Å²) < 4.78 is 1.91. The van der Waals surface area contributed by atoms with Gasteiger partial charge in [0.25, 0.3) is 0 Å². The molecule has 1 aromatic heterocycles. The van der Waals surface area contributed by atoms with E-state index in [4.69, 9.17) is 12.2 Å². The molecular weight excluding hydrogens is 220 g/mol. The Morgan fingerprint density at radius 3 is 2.81 bits per heavy atom. The molecule has 16 heavy (non-hydrogen) atoms. The Morgan fingerprint density at radius 1 is 1.50 bits per heavy atom. The van der Waals surface area contributed by atoms with Gasteiger partial charge in [-0.25, -0.2) is 0 Å². The van der Waals surface area contributed by atoms with Crippen molar-refractivity contribution in [3.8, 4) is 0 Å². The Labute approximate surface area is 102 Å². The van der Waals surface area contributed by atoms with Crippen molar-refractivity contribution in [1.82, 2.24) is 20.4 Å². The van der Waals surface area contributed by atoms with Gasteiger partial charge in [-0.05, 0) is 30.6 Å². The first-order valence-corrected chi connectivity index (χ1v) is 5.99. The molecule has 1 heterocycles. The third-order valence-corrected chi connectivity index (χ3v) is 2.35. The van der Waals surface area contributed by atoms with Crippen molar-refractivity contribution < 1.29 is 0 Å². The van der Waals surface area contributed by atoms with Crippen molar-refractivity contribution in [3.05, 3.63) is 18.0 Å². The van der Waals surface area contributed by atoms with Crippen LogP contribution in [0.3, 0.4) is 0 Å². The van der Waals surface area contributed by atoms with Gasteiger partial charge in [0.2, 0.25) is 0 Å². The maximum absolute atomic E-state index is 5.14. The molecule has 0 unspecified atom stereocenters. The number of hydrogen-bond acceptors (Lipinski definition) is 2. The summed E-state index contributed by atoms with van der Waals surface area (Å²) >= 11 is 5.14. The Bertz CT molecular complexity index is 332. The second-order valence-electron chi connectivity index (χ2n) is 4.31. The fraction of sp³-hybridized carbons (Fsp3) is 0.636. The van der Waals surface area contributed by atoms with Gasteiger partial charge in [-0.3, -0.25) is 4.68 Å². The van der Waals surface area contributed by atoms with Gasteiger partial charge in [-0.2, -0.15) is 5.10 Å². The minimum Gasteiger partial charge on any atom is -0.362 e. The summed E-state index contributed by atoms with van der Waals surface area (Å²) in [6.45, 7) is 8.88. The lowest BCUT2D eigenvalue weighted by Crippen LogP contribution is -2.38. The van der Waals surface area contributed by atoms with Gasteiger partial charge < -0.3 is 10.6 Å². The lowest BCUT2D eigenvalue weighted by Gasteiger charge is -2.11. The van der Waals surface area contributed by atoms with Crippen LogP contribution in [0.1, 0.15) is 19.4 Å². The molecule has 1 rings (SSSR count). The van der Waals surface area contributed by atoms with Gasteiger partial charge in [-0.15, -0.1) is 0 Å². The molecule has 90 valence electrons. The highest BCUT2D eigenvalue weighted by molar-refractivity contribution is 7.80. The van der Waals surface area contributed by atoms with Crippen LogP contribution in [0.25, 0.3) is 0 Å². The van der Waals surface area contributed by atoms with Gasteiger partial charge in [0.1, 0.15) is 0 Å².